The number of carbonyl (C=O) groups is 1. The number of amides is 1. The number of rotatable bonds is 7. The Labute approximate surface area is 109 Å². The van der Waals surface area contributed by atoms with Gasteiger partial charge in [0.15, 0.2) is 0 Å². The van der Waals surface area contributed by atoms with Crippen LogP contribution < -0.4 is 11.1 Å². The highest BCUT2D eigenvalue weighted by Crippen LogP contribution is 2.29. The van der Waals surface area contributed by atoms with E-state index in [0.29, 0.717) is 19.7 Å². The lowest BCUT2D eigenvalue weighted by Crippen LogP contribution is -2.43. The topological polar surface area (TPSA) is 73.6 Å². The van der Waals surface area contributed by atoms with Crippen LogP contribution in [0.4, 0.5) is 0 Å². The van der Waals surface area contributed by atoms with E-state index < -0.39 is 0 Å². The van der Waals surface area contributed by atoms with Gasteiger partial charge >= 0.3 is 0 Å². The Hall–Kier alpha value is -0.650. The summed E-state index contributed by atoms with van der Waals surface area (Å²) in [4.78, 5) is 11.6. The van der Waals surface area contributed by atoms with Gasteiger partial charge in [0.2, 0.25) is 5.91 Å². The molecular weight excluding hydrogens is 232 g/mol. The molecule has 1 aliphatic carbocycles. The Morgan fingerprint density at radius 2 is 1.94 bits per heavy atom. The van der Waals surface area contributed by atoms with E-state index in [4.69, 9.17) is 15.2 Å². The minimum Gasteiger partial charge on any atom is -0.383 e. The van der Waals surface area contributed by atoms with Crippen molar-refractivity contribution in [2.75, 3.05) is 33.4 Å². The molecular formula is C13H26N2O3. The van der Waals surface area contributed by atoms with E-state index in [1.807, 2.05) is 0 Å². The number of hydrogen-bond acceptors (Lipinski definition) is 4. The van der Waals surface area contributed by atoms with Gasteiger partial charge in [-0.3, -0.25) is 4.79 Å². The second kappa shape index (κ2) is 8.45. The molecule has 106 valence electrons. The summed E-state index contributed by atoms with van der Waals surface area (Å²) in [5.74, 6) is -0.0934. The lowest BCUT2D eigenvalue weighted by atomic mass is 9.94. The molecule has 0 bridgehead atoms. The van der Waals surface area contributed by atoms with Gasteiger partial charge in [0, 0.05) is 20.2 Å². The van der Waals surface area contributed by atoms with E-state index in [1.54, 1.807) is 7.11 Å². The van der Waals surface area contributed by atoms with Gasteiger partial charge in [-0.15, -0.1) is 0 Å². The highest BCUT2D eigenvalue weighted by Gasteiger charge is 2.30. The van der Waals surface area contributed by atoms with Gasteiger partial charge in [0.1, 0.15) is 6.61 Å². The lowest BCUT2D eigenvalue weighted by molar-refractivity contribution is -0.134. The monoisotopic (exact) mass is 258 g/mol. The van der Waals surface area contributed by atoms with Crippen molar-refractivity contribution in [2.45, 2.75) is 44.1 Å². The highest BCUT2D eigenvalue weighted by molar-refractivity contribution is 5.77. The van der Waals surface area contributed by atoms with Crippen LogP contribution in [0.25, 0.3) is 0 Å². The lowest BCUT2D eigenvalue weighted by Gasteiger charge is -2.31. The van der Waals surface area contributed by atoms with Crippen LogP contribution in [0.15, 0.2) is 0 Å². The van der Waals surface area contributed by atoms with Crippen molar-refractivity contribution in [1.29, 1.82) is 0 Å². The molecule has 1 amide bonds. The fourth-order valence-corrected chi connectivity index (χ4v) is 2.34. The maximum atomic E-state index is 11.6. The van der Waals surface area contributed by atoms with Crippen LogP contribution in [0.3, 0.4) is 0 Å². The number of carbonyl (C=O) groups excluding carboxylic acids is 1. The van der Waals surface area contributed by atoms with Crippen molar-refractivity contribution < 1.29 is 14.3 Å². The standard InChI is InChI=1S/C13H26N2O3/c1-17-9-8-15-12(16)10-18-13(11-14)6-4-2-3-5-7-13/h2-11,14H2,1H3,(H,15,16). The Balaban J connectivity index is 2.31. The predicted molar refractivity (Wildman–Crippen MR) is 70.3 cm³/mol. The van der Waals surface area contributed by atoms with E-state index in [1.165, 1.54) is 12.8 Å². The van der Waals surface area contributed by atoms with Gasteiger partial charge in [-0.05, 0) is 12.8 Å². The quantitative estimate of drug-likeness (QED) is 0.524. The normalized spacial score (nSPS) is 19.2. The van der Waals surface area contributed by atoms with Crippen LogP contribution in [0, 0.1) is 0 Å². The van der Waals surface area contributed by atoms with Crippen molar-refractivity contribution >= 4 is 5.91 Å². The third-order valence-electron chi connectivity index (χ3n) is 3.52. The maximum absolute atomic E-state index is 11.6. The average Bonchev–Trinajstić information content (AvgIpc) is 2.63. The summed E-state index contributed by atoms with van der Waals surface area (Å²) in [6.45, 7) is 1.64. The molecule has 0 saturated heterocycles. The molecule has 0 spiro atoms. The van der Waals surface area contributed by atoms with Crippen LogP contribution in [0.2, 0.25) is 0 Å². The molecule has 0 aromatic heterocycles. The molecule has 3 N–H and O–H groups in total. The number of hydrogen-bond donors (Lipinski definition) is 2. The number of nitrogens with one attached hydrogen (secondary N) is 1. The second-order valence-corrected chi connectivity index (χ2v) is 4.93. The summed E-state index contributed by atoms with van der Waals surface area (Å²) in [5.41, 5.74) is 5.56. The Bertz CT molecular complexity index is 238. The molecule has 5 heteroatoms. The Morgan fingerprint density at radius 3 is 2.50 bits per heavy atom. The van der Waals surface area contributed by atoms with Gasteiger partial charge in [0.25, 0.3) is 0 Å². The third kappa shape index (κ3) is 5.33. The molecule has 0 aliphatic heterocycles. The molecule has 1 saturated carbocycles. The van der Waals surface area contributed by atoms with Gasteiger partial charge in [0.05, 0.1) is 12.2 Å². The van der Waals surface area contributed by atoms with Crippen molar-refractivity contribution in [3.8, 4) is 0 Å². The number of ether oxygens (including phenoxy) is 2. The summed E-state index contributed by atoms with van der Waals surface area (Å²) < 4.78 is 10.7. The smallest absolute Gasteiger partial charge is 0.246 e. The zero-order chi connectivity index (χ0) is 13.3. The van der Waals surface area contributed by atoms with Gasteiger partial charge in [-0.1, -0.05) is 25.7 Å². The third-order valence-corrected chi connectivity index (χ3v) is 3.52. The highest BCUT2D eigenvalue weighted by atomic mass is 16.5. The average molecular weight is 258 g/mol. The van der Waals surface area contributed by atoms with E-state index >= 15 is 0 Å². The zero-order valence-electron chi connectivity index (χ0n) is 11.4. The molecule has 5 nitrogen and oxygen atoms in total. The van der Waals surface area contributed by atoms with Crippen LogP contribution >= 0.6 is 0 Å². The minimum atomic E-state index is -0.283. The molecule has 0 unspecified atom stereocenters. The first-order chi connectivity index (χ1) is 8.72. The van der Waals surface area contributed by atoms with Crippen molar-refractivity contribution in [3.05, 3.63) is 0 Å². The zero-order valence-corrected chi connectivity index (χ0v) is 11.4. The minimum absolute atomic E-state index is 0.0934. The summed E-state index contributed by atoms with van der Waals surface area (Å²) in [5, 5.41) is 2.75. The fraction of sp³-hybridized carbons (Fsp3) is 0.923. The Morgan fingerprint density at radius 1 is 1.28 bits per heavy atom. The number of nitrogens with two attached hydrogens (primary N) is 1. The van der Waals surface area contributed by atoms with E-state index in [2.05, 4.69) is 5.32 Å². The predicted octanol–water partition coefficient (Wildman–Crippen LogP) is 0.817. The molecule has 0 aromatic carbocycles. The van der Waals surface area contributed by atoms with Crippen molar-refractivity contribution in [2.24, 2.45) is 5.73 Å². The molecule has 1 aliphatic rings. The van der Waals surface area contributed by atoms with Crippen LogP contribution in [0.5, 0.6) is 0 Å². The second-order valence-electron chi connectivity index (χ2n) is 4.93. The summed E-state index contributed by atoms with van der Waals surface area (Å²) in [7, 11) is 1.61. The summed E-state index contributed by atoms with van der Waals surface area (Å²) >= 11 is 0. The van der Waals surface area contributed by atoms with E-state index in [-0.39, 0.29) is 18.1 Å². The molecule has 0 atom stereocenters. The number of methoxy groups -OCH3 is 1. The van der Waals surface area contributed by atoms with Gasteiger partial charge < -0.3 is 20.5 Å². The molecule has 0 aromatic rings. The fourth-order valence-electron chi connectivity index (χ4n) is 2.34. The Kier molecular flexibility index (Phi) is 7.23. The largest absolute Gasteiger partial charge is 0.383 e. The van der Waals surface area contributed by atoms with E-state index in [0.717, 1.165) is 25.7 Å². The molecule has 0 radical (unpaired) electrons. The van der Waals surface area contributed by atoms with Gasteiger partial charge in [-0.25, -0.2) is 0 Å². The summed E-state index contributed by atoms with van der Waals surface area (Å²) in [6.07, 6.45) is 6.70. The van der Waals surface area contributed by atoms with Gasteiger partial charge in [-0.2, -0.15) is 0 Å². The first kappa shape index (κ1) is 15.4. The first-order valence-electron chi connectivity index (χ1n) is 6.82. The molecule has 18 heavy (non-hydrogen) atoms. The van der Waals surface area contributed by atoms with Crippen LogP contribution in [-0.2, 0) is 14.3 Å². The van der Waals surface area contributed by atoms with Crippen LogP contribution in [-0.4, -0.2) is 44.9 Å². The first-order valence-corrected chi connectivity index (χ1v) is 6.82. The van der Waals surface area contributed by atoms with E-state index in [9.17, 15) is 4.79 Å². The molecule has 0 heterocycles. The van der Waals surface area contributed by atoms with Crippen LogP contribution in [0.1, 0.15) is 38.5 Å². The SMILES string of the molecule is COCCNC(=O)COC1(CN)CCCCCC1. The van der Waals surface area contributed by atoms with Crippen molar-refractivity contribution in [3.63, 3.8) is 0 Å². The molecule has 1 fully saturated rings. The van der Waals surface area contributed by atoms with Crippen molar-refractivity contribution in [1.82, 2.24) is 5.32 Å². The maximum Gasteiger partial charge on any atom is 0.246 e. The summed E-state index contributed by atoms with van der Waals surface area (Å²) in [6, 6.07) is 0. The molecule has 1 rings (SSSR count).